The minimum Gasteiger partial charge on any atom is -0.504 e. The molecule has 112 valence electrons. The Hall–Kier alpha value is -3.15. The third-order valence-electron chi connectivity index (χ3n) is 3.13. The van der Waals surface area contributed by atoms with Crippen LogP contribution in [0.15, 0.2) is 42.2 Å². The molecule has 0 saturated carbocycles. The van der Waals surface area contributed by atoms with Gasteiger partial charge in [0, 0.05) is 5.56 Å². The fourth-order valence-corrected chi connectivity index (χ4v) is 2.05. The number of carbonyl (C=O) groups is 1. The topological polar surface area (TPSA) is 96.2 Å². The largest absolute Gasteiger partial charge is 0.504 e. The lowest BCUT2D eigenvalue weighted by Gasteiger charge is -2.17. The molecule has 1 aliphatic rings. The van der Waals surface area contributed by atoms with Crippen molar-refractivity contribution in [3.05, 3.63) is 53.3 Å². The van der Waals surface area contributed by atoms with Gasteiger partial charge in [0.05, 0.1) is 5.56 Å². The maximum absolute atomic E-state index is 12.0. The van der Waals surface area contributed by atoms with E-state index in [1.165, 1.54) is 0 Å². The first-order valence-corrected chi connectivity index (χ1v) is 6.44. The third kappa shape index (κ3) is 2.54. The lowest BCUT2D eigenvalue weighted by Crippen LogP contribution is -2.13. The Morgan fingerprint density at radius 3 is 2.50 bits per heavy atom. The molecule has 0 fully saturated rings. The highest BCUT2D eigenvalue weighted by Crippen LogP contribution is 2.36. The molecule has 6 nitrogen and oxygen atoms in total. The van der Waals surface area contributed by atoms with E-state index in [-0.39, 0.29) is 12.2 Å². The molecule has 0 unspecified atom stereocenters. The number of carbonyl (C=O) groups excluding carboxylic acids is 1. The molecule has 6 heteroatoms. The van der Waals surface area contributed by atoms with Crippen LogP contribution in [0.1, 0.15) is 15.9 Å². The first kappa shape index (κ1) is 13.8. The summed E-state index contributed by atoms with van der Waals surface area (Å²) >= 11 is 0. The molecule has 2 aromatic rings. The van der Waals surface area contributed by atoms with Gasteiger partial charge in [-0.1, -0.05) is 18.2 Å². The number of hydrogen-bond acceptors (Lipinski definition) is 6. The monoisotopic (exact) mass is 300 g/mol. The number of benzene rings is 2. The van der Waals surface area contributed by atoms with E-state index in [4.69, 9.17) is 9.47 Å². The average Bonchev–Trinajstić information content (AvgIpc) is 2.52. The van der Waals surface area contributed by atoms with E-state index in [1.54, 1.807) is 12.1 Å². The van der Waals surface area contributed by atoms with Crippen LogP contribution in [0.2, 0.25) is 0 Å². The Bertz CT molecular complexity index is 755. The number of rotatable bonds is 2. The fourth-order valence-electron chi connectivity index (χ4n) is 2.05. The summed E-state index contributed by atoms with van der Waals surface area (Å²) in [4.78, 5) is 12.0. The van der Waals surface area contributed by atoms with Gasteiger partial charge in [0.15, 0.2) is 17.2 Å². The maximum Gasteiger partial charge on any atom is 0.343 e. The Morgan fingerprint density at radius 1 is 1.09 bits per heavy atom. The van der Waals surface area contributed by atoms with E-state index in [0.717, 1.165) is 17.7 Å². The minimum atomic E-state index is -0.778. The molecule has 22 heavy (non-hydrogen) atoms. The number of hydrogen-bond donors (Lipinski definition) is 3. The molecule has 0 aliphatic carbocycles. The highest BCUT2D eigenvalue weighted by Gasteiger charge is 2.18. The molecule has 0 atom stereocenters. The highest BCUT2D eigenvalue weighted by molar-refractivity contribution is 5.92. The fraction of sp³-hybridized carbons (Fsp3) is 0.0625. The minimum absolute atomic E-state index is 0.0902. The van der Waals surface area contributed by atoms with Gasteiger partial charge >= 0.3 is 5.97 Å². The summed E-state index contributed by atoms with van der Waals surface area (Å²) in [5.74, 6) is -1.68. The molecule has 0 saturated heterocycles. The Morgan fingerprint density at radius 2 is 1.77 bits per heavy atom. The highest BCUT2D eigenvalue weighted by atomic mass is 16.6. The number of para-hydroxylation sites is 1. The standard InChI is InChI=1S/C16H12O6/c17-12-6-10(7-13(18)15(12)19)16(20)22-11-5-9-3-1-2-4-14(9)21-8-11/h1-7,17-19H,8H2. The maximum atomic E-state index is 12.0. The summed E-state index contributed by atoms with van der Waals surface area (Å²) in [6.07, 6.45) is 1.68. The molecule has 0 aromatic heterocycles. The van der Waals surface area contributed by atoms with E-state index in [1.807, 2.05) is 18.2 Å². The number of fused-ring (bicyclic) bond motifs is 1. The second-order valence-corrected chi connectivity index (χ2v) is 4.69. The molecular weight excluding hydrogens is 288 g/mol. The van der Waals surface area contributed by atoms with Crippen molar-refractivity contribution in [3.63, 3.8) is 0 Å². The summed E-state index contributed by atoms with van der Waals surface area (Å²) in [7, 11) is 0. The van der Waals surface area contributed by atoms with Gasteiger partial charge in [0.1, 0.15) is 18.1 Å². The van der Waals surface area contributed by atoms with Gasteiger partial charge in [0.25, 0.3) is 0 Å². The van der Waals surface area contributed by atoms with Crippen molar-refractivity contribution in [1.29, 1.82) is 0 Å². The number of aromatic hydroxyl groups is 3. The van der Waals surface area contributed by atoms with E-state index < -0.39 is 23.2 Å². The van der Waals surface area contributed by atoms with Crippen LogP contribution < -0.4 is 4.74 Å². The van der Waals surface area contributed by atoms with Crippen molar-refractivity contribution in [2.75, 3.05) is 6.61 Å². The van der Waals surface area contributed by atoms with Crippen molar-refractivity contribution >= 4 is 12.0 Å². The predicted octanol–water partition coefficient (Wildman–Crippen LogP) is 2.39. The Labute approximate surface area is 125 Å². The van der Waals surface area contributed by atoms with E-state index in [9.17, 15) is 20.1 Å². The molecule has 3 rings (SSSR count). The molecule has 3 N–H and O–H groups in total. The van der Waals surface area contributed by atoms with Gasteiger partial charge in [-0.15, -0.1) is 0 Å². The molecule has 0 bridgehead atoms. The molecule has 1 heterocycles. The lowest BCUT2D eigenvalue weighted by atomic mass is 10.1. The van der Waals surface area contributed by atoms with Crippen molar-refractivity contribution in [2.45, 2.75) is 0 Å². The van der Waals surface area contributed by atoms with Crippen LogP contribution in [-0.4, -0.2) is 27.9 Å². The van der Waals surface area contributed by atoms with Gasteiger partial charge in [-0.25, -0.2) is 4.79 Å². The smallest absolute Gasteiger partial charge is 0.343 e. The van der Waals surface area contributed by atoms with Gasteiger partial charge in [-0.05, 0) is 24.3 Å². The number of phenols is 3. The SMILES string of the molecule is O=C(OC1=Cc2ccccc2OC1)c1cc(O)c(O)c(O)c1. The lowest BCUT2D eigenvalue weighted by molar-refractivity contribution is 0.0591. The van der Waals surface area contributed by atoms with Crippen molar-refractivity contribution < 1.29 is 29.6 Å². The van der Waals surface area contributed by atoms with Gasteiger partial charge < -0.3 is 24.8 Å². The Balaban J connectivity index is 1.82. The van der Waals surface area contributed by atoms with Crippen LogP contribution in [0.4, 0.5) is 0 Å². The average molecular weight is 300 g/mol. The number of phenolic OH excluding ortho intramolecular Hbond substituents is 3. The third-order valence-corrected chi connectivity index (χ3v) is 3.13. The second-order valence-electron chi connectivity index (χ2n) is 4.69. The molecular formula is C16H12O6. The Kier molecular flexibility index (Phi) is 3.34. The first-order chi connectivity index (χ1) is 10.5. The van der Waals surface area contributed by atoms with Crippen molar-refractivity contribution in [2.24, 2.45) is 0 Å². The van der Waals surface area contributed by atoms with Crippen molar-refractivity contribution in [3.8, 4) is 23.0 Å². The zero-order valence-electron chi connectivity index (χ0n) is 11.3. The quantitative estimate of drug-likeness (QED) is 0.582. The molecule has 2 aromatic carbocycles. The second kappa shape index (κ2) is 5.33. The molecule has 0 amide bonds. The van der Waals surface area contributed by atoms with Crippen LogP contribution >= 0.6 is 0 Å². The van der Waals surface area contributed by atoms with Crippen LogP contribution in [0.3, 0.4) is 0 Å². The summed E-state index contributed by atoms with van der Waals surface area (Å²) in [5.41, 5.74) is 0.695. The summed E-state index contributed by atoms with van der Waals surface area (Å²) < 4.78 is 10.6. The molecule has 0 spiro atoms. The van der Waals surface area contributed by atoms with E-state index in [2.05, 4.69) is 0 Å². The van der Waals surface area contributed by atoms with Crippen LogP contribution in [0.5, 0.6) is 23.0 Å². The molecule has 0 radical (unpaired) electrons. The zero-order valence-corrected chi connectivity index (χ0v) is 11.3. The summed E-state index contributed by atoms with van der Waals surface area (Å²) in [6, 6.07) is 9.32. The predicted molar refractivity (Wildman–Crippen MR) is 76.8 cm³/mol. The summed E-state index contributed by atoms with van der Waals surface area (Å²) in [5, 5.41) is 28.1. The number of esters is 1. The van der Waals surface area contributed by atoms with Crippen LogP contribution in [0.25, 0.3) is 6.08 Å². The van der Waals surface area contributed by atoms with Gasteiger partial charge in [-0.2, -0.15) is 0 Å². The van der Waals surface area contributed by atoms with Crippen LogP contribution in [0, 0.1) is 0 Å². The van der Waals surface area contributed by atoms with E-state index >= 15 is 0 Å². The first-order valence-electron chi connectivity index (χ1n) is 6.44. The van der Waals surface area contributed by atoms with Gasteiger partial charge in [0.2, 0.25) is 0 Å². The van der Waals surface area contributed by atoms with E-state index in [0.29, 0.717) is 11.5 Å². The molecule has 1 aliphatic heterocycles. The normalized spacial score (nSPS) is 12.8. The zero-order chi connectivity index (χ0) is 15.7. The van der Waals surface area contributed by atoms with Crippen molar-refractivity contribution in [1.82, 2.24) is 0 Å². The van der Waals surface area contributed by atoms with Crippen LogP contribution in [-0.2, 0) is 4.74 Å². The number of ether oxygens (including phenoxy) is 2. The van der Waals surface area contributed by atoms with Gasteiger partial charge in [-0.3, -0.25) is 0 Å². The summed E-state index contributed by atoms with van der Waals surface area (Å²) in [6.45, 7) is 0.0960.